The summed E-state index contributed by atoms with van der Waals surface area (Å²) in [5.74, 6) is 0.905. The first-order valence-corrected chi connectivity index (χ1v) is 4.69. The van der Waals surface area contributed by atoms with E-state index in [0.29, 0.717) is 11.9 Å². The Balaban J connectivity index is 0.000000606. The van der Waals surface area contributed by atoms with E-state index >= 15 is 0 Å². The molecule has 16 heavy (non-hydrogen) atoms. The van der Waals surface area contributed by atoms with Crippen LogP contribution < -0.4 is 11.1 Å². The van der Waals surface area contributed by atoms with Crippen LogP contribution in [0.3, 0.4) is 0 Å². The van der Waals surface area contributed by atoms with Crippen LogP contribution in [0, 0.1) is 0 Å². The molecule has 2 heterocycles. The van der Waals surface area contributed by atoms with Crippen LogP contribution in [0.1, 0.15) is 13.8 Å². The second-order valence-electron chi connectivity index (χ2n) is 2.44. The lowest BCUT2D eigenvalue weighted by Crippen LogP contribution is -2.28. The van der Waals surface area contributed by atoms with E-state index in [2.05, 4.69) is 35.9 Å². The van der Waals surface area contributed by atoms with Crippen molar-refractivity contribution in [1.82, 2.24) is 30.2 Å². The van der Waals surface area contributed by atoms with E-state index in [0.717, 1.165) is 0 Å². The maximum Gasteiger partial charge on any atom is 0.256 e. The molecule has 1 aliphatic heterocycles. The van der Waals surface area contributed by atoms with Gasteiger partial charge in [0.05, 0.1) is 0 Å². The molecule has 0 atom stereocenters. The maximum absolute atomic E-state index is 5.49. The van der Waals surface area contributed by atoms with Crippen molar-refractivity contribution in [2.24, 2.45) is 17.8 Å². The van der Waals surface area contributed by atoms with Crippen LogP contribution in [0.5, 0.6) is 0 Å². The third kappa shape index (κ3) is 2.59. The minimum Gasteiger partial charge on any atom is -0.369 e. The SMILES string of the molecule is CC.Cn1c2nnncnnc1NC(N)=N2. The molecule has 2 rings (SSSR count). The Hall–Kier alpha value is -2.32. The molecule has 86 valence electrons. The Morgan fingerprint density at radius 1 is 1.25 bits per heavy atom. The number of nitrogens with two attached hydrogens (primary N) is 1. The molecule has 0 spiro atoms. The minimum atomic E-state index is 0.188. The molecule has 1 aromatic rings. The smallest absolute Gasteiger partial charge is 0.256 e. The Morgan fingerprint density at radius 3 is 2.75 bits per heavy atom. The first-order valence-electron chi connectivity index (χ1n) is 4.69. The number of guanidine groups is 1. The first-order chi connectivity index (χ1) is 7.77. The second-order valence-corrected chi connectivity index (χ2v) is 2.44. The van der Waals surface area contributed by atoms with Gasteiger partial charge in [-0.2, -0.15) is 4.99 Å². The molecule has 0 unspecified atom stereocenters. The van der Waals surface area contributed by atoms with Crippen molar-refractivity contribution in [3.05, 3.63) is 6.33 Å². The average Bonchev–Trinajstić information content (AvgIpc) is 2.35. The van der Waals surface area contributed by atoms with Gasteiger partial charge in [0, 0.05) is 7.05 Å². The van der Waals surface area contributed by atoms with Crippen molar-refractivity contribution in [3.63, 3.8) is 0 Å². The Labute approximate surface area is 92.1 Å². The largest absolute Gasteiger partial charge is 0.369 e. The summed E-state index contributed by atoms with van der Waals surface area (Å²) in [5.41, 5.74) is 5.49. The fourth-order valence-corrected chi connectivity index (χ4v) is 0.878. The van der Waals surface area contributed by atoms with Crippen molar-refractivity contribution < 1.29 is 0 Å². The summed E-state index contributed by atoms with van der Waals surface area (Å²) in [7, 11) is 1.71. The maximum atomic E-state index is 5.49. The molecule has 0 saturated carbocycles. The van der Waals surface area contributed by atoms with Gasteiger partial charge in [0.1, 0.15) is 0 Å². The summed E-state index contributed by atoms with van der Waals surface area (Å²) in [6, 6.07) is 0. The highest BCUT2D eigenvalue weighted by atomic mass is 15.4. The van der Waals surface area contributed by atoms with E-state index in [-0.39, 0.29) is 5.96 Å². The summed E-state index contributed by atoms with van der Waals surface area (Å²) in [6.07, 6.45) is 1.17. The average molecular weight is 223 g/mol. The molecule has 0 aromatic carbocycles. The van der Waals surface area contributed by atoms with Crippen LogP contribution in [-0.2, 0) is 7.05 Å². The predicted molar refractivity (Wildman–Crippen MR) is 58.3 cm³/mol. The molecule has 1 aromatic heterocycles. The van der Waals surface area contributed by atoms with Crippen LogP contribution in [0.2, 0.25) is 0 Å². The molecule has 0 radical (unpaired) electrons. The monoisotopic (exact) mass is 223 g/mol. The zero-order chi connectivity index (χ0) is 12.0. The first kappa shape index (κ1) is 11.8. The Kier molecular flexibility index (Phi) is 4.07. The Bertz CT molecular complexity index is 433. The molecular weight excluding hydrogens is 210 g/mol. The number of anilines is 1. The number of aliphatic imine (C=N–C) groups is 1. The molecule has 0 saturated heterocycles. The number of nitrogens with zero attached hydrogens (tertiary/aromatic N) is 7. The lowest BCUT2D eigenvalue weighted by atomic mass is 10.7. The van der Waals surface area contributed by atoms with Gasteiger partial charge in [-0.15, -0.1) is 15.3 Å². The summed E-state index contributed by atoms with van der Waals surface area (Å²) in [5, 5.41) is 20.8. The number of aromatic nitrogens is 6. The van der Waals surface area contributed by atoms with Gasteiger partial charge >= 0.3 is 0 Å². The highest BCUT2D eigenvalue weighted by molar-refractivity contribution is 5.93. The van der Waals surface area contributed by atoms with Crippen molar-refractivity contribution in [1.29, 1.82) is 0 Å². The summed E-state index contributed by atoms with van der Waals surface area (Å²) < 4.78 is 1.55. The van der Waals surface area contributed by atoms with Gasteiger partial charge < -0.3 is 5.73 Å². The summed E-state index contributed by atoms with van der Waals surface area (Å²) >= 11 is 0. The number of nitrogens with one attached hydrogen (secondary N) is 1. The normalized spacial score (nSPS) is 11.3. The number of hydrogen-bond acceptors (Lipinski definition) is 8. The molecule has 0 amide bonds. The molecule has 9 nitrogen and oxygen atoms in total. The molecule has 1 aliphatic rings. The standard InChI is InChI=1S/C5H7N9.C2H6/c1-14-4-9-3(6)10-5(14)12-13-8-2-7-11-4;1-2/h2H,1H3,(H3,6,7,8,9,10,11,12);1-2H3. The highest BCUT2D eigenvalue weighted by Gasteiger charge is 2.09. The number of fused-ring (bicyclic) bond motifs is 2. The molecule has 2 bridgehead atoms. The fourth-order valence-electron chi connectivity index (χ4n) is 0.878. The van der Waals surface area contributed by atoms with Gasteiger partial charge in [-0.25, -0.2) is 0 Å². The van der Waals surface area contributed by atoms with Crippen molar-refractivity contribution in [3.8, 4) is 0 Å². The zero-order valence-electron chi connectivity index (χ0n) is 9.29. The van der Waals surface area contributed by atoms with Gasteiger partial charge in [0.15, 0.2) is 6.33 Å². The van der Waals surface area contributed by atoms with Crippen LogP contribution in [0.4, 0.5) is 11.9 Å². The van der Waals surface area contributed by atoms with Crippen LogP contribution in [-0.4, -0.2) is 36.1 Å². The number of rotatable bonds is 0. The van der Waals surface area contributed by atoms with E-state index in [9.17, 15) is 0 Å². The van der Waals surface area contributed by atoms with Crippen LogP contribution in [0.15, 0.2) is 11.3 Å². The molecular formula is C7H13N9. The summed E-state index contributed by atoms with van der Waals surface area (Å²) in [4.78, 5) is 3.90. The summed E-state index contributed by atoms with van der Waals surface area (Å²) in [6.45, 7) is 4.00. The Morgan fingerprint density at radius 2 is 2.00 bits per heavy atom. The fraction of sp³-hybridized carbons (Fsp3) is 0.429. The van der Waals surface area contributed by atoms with Crippen LogP contribution in [0.25, 0.3) is 0 Å². The lowest BCUT2D eigenvalue weighted by Gasteiger charge is -2.12. The predicted octanol–water partition coefficient (Wildman–Crippen LogP) is -0.478. The van der Waals surface area contributed by atoms with E-state index in [1.807, 2.05) is 13.8 Å². The van der Waals surface area contributed by atoms with Gasteiger partial charge in [0.25, 0.3) is 5.95 Å². The van der Waals surface area contributed by atoms with E-state index in [1.54, 1.807) is 11.6 Å². The third-order valence-corrected chi connectivity index (χ3v) is 1.52. The van der Waals surface area contributed by atoms with E-state index in [1.165, 1.54) is 6.33 Å². The molecule has 3 N–H and O–H groups in total. The van der Waals surface area contributed by atoms with Gasteiger partial charge in [-0.1, -0.05) is 18.9 Å². The zero-order valence-corrected chi connectivity index (χ0v) is 9.29. The van der Waals surface area contributed by atoms with Crippen LogP contribution >= 0.6 is 0 Å². The minimum absolute atomic E-state index is 0.188. The molecule has 9 heteroatoms. The van der Waals surface area contributed by atoms with Gasteiger partial charge in [-0.05, 0) is 5.21 Å². The topological polar surface area (TPSA) is 120 Å². The second kappa shape index (κ2) is 5.53. The highest BCUT2D eigenvalue weighted by Crippen LogP contribution is 2.11. The molecule has 0 fully saturated rings. The third-order valence-electron chi connectivity index (χ3n) is 1.52. The van der Waals surface area contributed by atoms with E-state index in [4.69, 9.17) is 5.73 Å². The molecule has 0 aliphatic carbocycles. The van der Waals surface area contributed by atoms with Crippen molar-refractivity contribution >= 4 is 17.9 Å². The quantitative estimate of drug-likeness (QED) is 0.609. The number of hydrogen-bond donors (Lipinski definition) is 2. The lowest BCUT2D eigenvalue weighted by molar-refractivity contribution is 0.799. The van der Waals surface area contributed by atoms with Crippen molar-refractivity contribution in [2.45, 2.75) is 13.8 Å². The van der Waals surface area contributed by atoms with Gasteiger partial charge in [0.2, 0.25) is 11.9 Å². The van der Waals surface area contributed by atoms with Gasteiger partial charge in [-0.3, -0.25) is 9.88 Å². The van der Waals surface area contributed by atoms with E-state index < -0.39 is 0 Å². The van der Waals surface area contributed by atoms with Crippen molar-refractivity contribution in [2.75, 3.05) is 5.32 Å².